The Morgan fingerprint density at radius 2 is 1.90 bits per heavy atom. The molecule has 2 aliphatic rings. The first-order valence-corrected chi connectivity index (χ1v) is 6.66. The van der Waals surface area contributed by atoms with E-state index >= 15 is 0 Å². The van der Waals surface area contributed by atoms with Crippen LogP contribution in [-0.4, -0.2) is 28.3 Å². The predicted octanol–water partition coefficient (Wildman–Crippen LogP) is 2.62. The first-order valence-electron chi connectivity index (χ1n) is 5.91. The molecule has 7 heteroatoms. The minimum Gasteiger partial charge on any atom is -0.478 e. The van der Waals surface area contributed by atoms with Crippen molar-refractivity contribution < 1.29 is 24.5 Å². The molecule has 2 unspecified atom stereocenters. The van der Waals surface area contributed by atoms with Gasteiger partial charge in [0, 0.05) is 15.6 Å². The molecule has 0 amide bonds. The zero-order valence-corrected chi connectivity index (χ0v) is 11.9. The van der Waals surface area contributed by atoms with Gasteiger partial charge >= 0.3 is 11.9 Å². The molecule has 2 atom stereocenters. The highest BCUT2D eigenvalue weighted by Crippen LogP contribution is 2.51. The summed E-state index contributed by atoms with van der Waals surface area (Å²) in [6.07, 6.45) is 2.13. The van der Waals surface area contributed by atoms with Gasteiger partial charge in [0.2, 0.25) is 0 Å². The van der Waals surface area contributed by atoms with Gasteiger partial charge in [-0.05, 0) is 18.2 Å². The molecule has 0 radical (unpaired) electrons. The standard InChI is InChI=1S/C14H8Cl2O5/c15-6-1-2-7(8(16)5-6)14-4-3-9(21-14)10(12(17)18)11(14)13(19)20/h1-5,9H,(H,17,18)(H,19,20). The first kappa shape index (κ1) is 14.1. The minimum atomic E-state index is -1.49. The van der Waals surface area contributed by atoms with E-state index in [1.807, 2.05) is 0 Å². The van der Waals surface area contributed by atoms with Gasteiger partial charge in [-0.3, -0.25) is 0 Å². The molecule has 2 heterocycles. The molecule has 2 bridgehead atoms. The summed E-state index contributed by atoms with van der Waals surface area (Å²) in [5.41, 5.74) is -1.75. The summed E-state index contributed by atoms with van der Waals surface area (Å²) in [6.45, 7) is 0. The highest BCUT2D eigenvalue weighted by molar-refractivity contribution is 6.35. The molecule has 3 rings (SSSR count). The van der Waals surface area contributed by atoms with Gasteiger partial charge < -0.3 is 14.9 Å². The van der Waals surface area contributed by atoms with Gasteiger partial charge in [0.25, 0.3) is 0 Å². The van der Waals surface area contributed by atoms with Gasteiger partial charge in [-0.25, -0.2) is 9.59 Å². The second-order valence-corrected chi connectivity index (χ2v) is 5.50. The second kappa shape index (κ2) is 4.59. The normalized spacial score (nSPS) is 26.5. The van der Waals surface area contributed by atoms with Crippen LogP contribution in [0.5, 0.6) is 0 Å². The van der Waals surface area contributed by atoms with Crippen LogP contribution in [-0.2, 0) is 19.9 Å². The molecule has 0 aliphatic carbocycles. The summed E-state index contributed by atoms with van der Waals surface area (Å²) in [5, 5.41) is 19.3. The van der Waals surface area contributed by atoms with Crippen molar-refractivity contribution in [3.8, 4) is 0 Å². The molecule has 0 fully saturated rings. The van der Waals surface area contributed by atoms with E-state index in [1.165, 1.54) is 24.3 Å². The third-order valence-corrected chi connectivity index (χ3v) is 4.07. The monoisotopic (exact) mass is 326 g/mol. The van der Waals surface area contributed by atoms with Crippen LogP contribution in [0.25, 0.3) is 0 Å². The van der Waals surface area contributed by atoms with E-state index in [-0.39, 0.29) is 16.2 Å². The van der Waals surface area contributed by atoms with Crippen molar-refractivity contribution in [1.82, 2.24) is 0 Å². The lowest BCUT2D eigenvalue weighted by Crippen LogP contribution is -2.29. The summed E-state index contributed by atoms with van der Waals surface area (Å²) in [5.74, 6) is -2.68. The molecule has 0 aromatic heterocycles. The maximum atomic E-state index is 11.6. The highest BCUT2D eigenvalue weighted by atomic mass is 35.5. The van der Waals surface area contributed by atoms with Crippen LogP contribution >= 0.6 is 23.2 Å². The van der Waals surface area contributed by atoms with E-state index in [9.17, 15) is 19.8 Å². The third kappa shape index (κ3) is 1.89. The fourth-order valence-corrected chi connectivity index (χ4v) is 3.27. The van der Waals surface area contributed by atoms with Crippen molar-refractivity contribution in [3.63, 3.8) is 0 Å². The summed E-state index contributed by atoms with van der Waals surface area (Å²) in [6, 6.07) is 4.53. The molecule has 0 spiro atoms. The molecule has 0 saturated heterocycles. The second-order valence-electron chi connectivity index (χ2n) is 4.66. The molecule has 1 aromatic rings. The van der Waals surface area contributed by atoms with E-state index in [1.54, 1.807) is 6.07 Å². The Bertz CT molecular complexity index is 737. The number of benzene rings is 1. The van der Waals surface area contributed by atoms with Crippen LogP contribution in [0.15, 0.2) is 41.5 Å². The van der Waals surface area contributed by atoms with Crippen LogP contribution in [0.4, 0.5) is 0 Å². The molecule has 0 saturated carbocycles. The predicted molar refractivity (Wildman–Crippen MR) is 74.5 cm³/mol. The van der Waals surface area contributed by atoms with Gasteiger partial charge in [-0.2, -0.15) is 0 Å². The summed E-state index contributed by atoms with van der Waals surface area (Å²) in [4.78, 5) is 22.9. The fraction of sp³-hybridized carbons (Fsp3) is 0.143. The van der Waals surface area contributed by atoms with E-state index in [0.29, 0.717) is 10.6 Å². The molecule has 2 aliphatic heterocycles. The summed E-state index contributed by atoms with van der Waals surface area (Å²) in [7, 11) is 0. The van der Waals surface area contributed by atoms with Gasteiger partial charge in [0.05, 0.1) is 11.1 Å². The highest BCUT2D eigenvalue weighted by Gasteiger charge is 2.55. The lowest BCUT2D eigenvalue weighted by atomic mass is 9.81. The Morgan fingerprint density at radius 3 is 2.48 bits per heavy atom. The van der Waals surface area contributed by atoms with E-state index in [0.717, 1.165) is 0 Å². The van der Waals surface area contributed by atoms with Crippen molar-refractivity contribution in [2.45, 2.75) is 11.7 Å². The number of halogens is 2. The molecule has 2 N–H and O–H groups in total. The number of fused-ring (bicyclic) bond motifs is 2. The zero-order chi connectivity index (χ0) is 15.4. The molecule has 5 nitrogen and oxygen atoms in total. The number of carbonyl (C=O) groups is 2. The SMILES string of the molecule is O=C(O)C1=C(C(=O)O)C2(c3ccc(Cl)cc3Cl)C=CC1O2. The lowest BCUT2D eigenvalue weighted by molar-refractivity contribution is -0.136. The zero-order valence-electron chi connectivity index (χ0n) is 10.3. The van der Waals surface area contributed by atoms with Gasteiger partial charge in [-0.1, -0.05) is 35.3 Å². The molecular formula is C14H8Cl2O5. The van der Waals surface area contributed by atoms with E-state index in [2.05, 4.69) is 0 Å². The van der Waals surface area contributed by atoms with E-state index < -0.39 is 23.6 Å². The topological polar surface area (TPSA) is 83.8 Å². The van der Waals surface area contributed by atoms with Crippen molar-refractivity contribution in [2.75, 3.05) is 0 Å². The van der Waals surface area contributed by atoms with Crippen molar-refractivity contribution in [2.24, 2.45) is 0 Å². The Hall–Kier alpha value is -1.82. The molecule has 21 heavy (non-hydrogen) atoms. The quantitative estimate of drug-likeness (QED) is 0.834. The number of hydrogen-bond acceptors (Lipinski definition) is 3. The van der Waals surface area contributed by atoms with Crippen molar-refractivity contribution >= 4 is 35.1 Å². The number of ether oxygens (including phenoxy) is 1. The average Bonchev–Trinajstić information content (AvgIpc) is 2.94. The van der Waals surface area contributed by atoms with Crippen LogP contribution in [0.3, 0.4) is 0 Å². The average molecular weight is 327 g/mol. The van der Waals surface area contributed by atoms with Gasteiger partial charge in [-0.15, -0.1) is 0 Å². The fourth-order valence-electron chi connectivity index (χ4n) is 2.72. The van der Waals surface area contributed by atoms with Crippen molar-refractivity contribution in [1.29, 1.82) is 0 Å². The van der Waals surface area contributed by atoms with E-state index in [4.69, 9.17) is 27.9 Å². The first-order chi connectivity index (χ1) is 9.86. The third-order valence-electron chi connectivity index (χ3n) is 3.52. The number of aliphatic carboxylic acids is 2. The summed E-state index contributed by atoms with van der Waals surface area (Å²) >= 11 is 12.0. The number of carboxylic acid groups (broad SMARTS) is 2. The molecule has 108 valence electrons. The lowest BCUT2D eigenvalue weighted by Gasteiger charge is -2.26. The molecule has 1 aromatic carbocycles. The summed E-state index contributed by atoms with van der Waals surface area (Å²) < 4.78 is 5.64. The molecular weight excluding hydrogens is 319 g/mol. The Labute approximate surface area is 129 Å². The van der Waals surface area contributed by atoms with Crippen LogP contribution < -0.4 is 0 Å². The Morgan fingerprint density at radius 1 is 1.19 bits per heavy atom. The van der Waals surface area contributed by atoms with Gasteiger partial charge in [0.1, 0.15) is 11.7 Å². The van der Waals surface area contributed by atoms with Gasteiger partial charge in [0.15, 0.2) is 0 Å². The smallest absolute Gasteiger partial charge is 0.335 e. The Balaban J connectivity index is 2.27. The number of rotatable bonds is 3. The van der Waals surface area contributed by atoms with Crippen molar-refractivity contribution in [3.05, 3.63) is 57.1 Å². The van der Waals surface area contributed by atoms with Crippen LogP contribution in [0, 0.1) is 0 Å². The Kier molecular flexibility index (Phi) is 3.09. The maximum absolute atomic E-state index is 11.6. The largest absolute Gasteiger partial charge is 0.478 e. The number of carboxylic acids is 2. The maximum Gasteiger partial charge on any atom is 0.335 e. The number of hydrogen-bond donors (Lipinski definition) is 2. The minimum absolute atomic E-state index is 0.207. The van der Waals surface area contributed by atoms with Crippen LogP contribution in [0.2, 0.25) is 10.0 Å². The van der Waals surface area contributed by atoms with Crippen LogP contribution in [0.1, 0.15) is 5.56 Å².